The van der Waals surface area contributed by atoms with Crippen molar-refractivity contribution in [2.45, 2.75) is 23.2 Å². The highest BCUT2D eigenvalue weighted by Gasteiger charge is 2.39. The summed E-state index contributed by atoms with van der Waals surface area (Å²) in [5.41, 5.74) is 1.55. The highest BCUT2D eigenvalue weighted by atomic mass is 35.5. The van der Waals surface area contributed by atoms with Crippen LogP contribution >= 0.6 is 23.4 Å². The lowest BCUT2D eigenvalue weighted by atomic mass is 10.1. The lowest BCUT2D eigenvalue weighted by Crippen LogP contribution is -2.45. The number of likely N-dealkylation sites (N-methyl/N-ethyl adjacent to an activating group) is 1. The first-order chi connectivity index (χ1) is 16.3. The van der Waals surface area contributed by atoms with Gasteiger partial charge < -0.3 is 24.0 Å². The number of thioether (sulfide) groups is 1. The Bertz CT molecular complexity index is 1020. The first-order valence-corrected chi connectivity index (χ1v) is 12.0. The van der Waals surface area contributed by atoms with Gasteiger partial charge in [0.1, 0.15) is 12.4 Å². The van der Waals surface area contributed by atoms with Crippen molar-refractivity contribution in [1.29, 1.82) is 0 Å². The Labute approximate surface area is 208 Å². The van der Waals surface area contributed by atoms with E-state index in [9.17, 15) is 14.4 Å². The number of methoxy groups -OCH3 is 1. The van der Waals surface area contributed by atoms with Gasteiger partial charge in [0.05, 0.1) is 24.7 Å². The van der Waals surface area contributed by atoms with E-state index in [1.165, 1.54) is 16.7 Å². The van der Waals surface area contributed by atoms with Crippen molar-refractivity contribution in [3.8, 4) is 5.75 Å². The molecule has 1 heterocycles. The Morgan fingerprint density at radius 2 is 1.85 bits per heavy atom. The van der Waals surface area contributed by atoms with Crippen LogP contribution in [0.4, 0.5) is 10.5 Å². The van der Waals surface area contributed by atoms with Gasteiger partial charge in [-0.05, 0) is 48.4 Å². The topological polar surface area (TPSA) is 85.4 Å². The van der Waals surface area contributed by atoms with E-state index in [1.807, 2.05) is 48.5 Å². The van der Waals surface area contributed by atoms with Gasteiger partial charge in [-0.25, -0.2) is 4.79 Å². The van der Waals surface area contributed by atoms with Crippen LogP contribution in [0.3, 0.4) is 0 Å². The number of carbonyl (C=O) groups excluding carboxylic acids is 3. The number of esters is 1. The van der Waals surface area contributed by atoms with Crippen molar-refractivity contribution in [3.05, 3.63) is 54.1 Å². The molecule has 3 rings (SSSR count). The molecule has 10 heteroatoms. The fourth-order valence-electron chi connectivity index (χ4n) is 3.50. The number of rotatable bonds is 9. The molecule has 34 heavy (non-hydrogen) atoms. The molecule has 2 atom stereocenters. The number of halogens is 1. The maximum atomic E-state index is 13.8. The number of fused-ring (bicyclic) bond motifs is 1. The summed E-state index contributed by atoms with van der Waals surface area (Å²) in [6.07, 6.45) is -0.979. The zero-order chi connectivity index (χ0) is 24.7. The lowest BCUT2D eigenvalue weighted by molar-refractivity contribution is -0.152. The number of carbonyl (C=O) groups is 3. The Hall–Kier alpha value is -2.75. The van der Waals surface area contributed by atoms with Gasteiger partial charge in [0.2, 0.25) is 0 Å². The molecule has 2 amide bonds. The van der Waals surface area contributed by atoms with Gasteiger partial charge in [-0.1, -0.05) is 24.3 Å². The Morgan fingerprint density at radius 3 is 2.50 bits per heavy atom. The Balaban J connectivity index is 1.99. The van der Waals surface area contributed by atoms with Crippen LogP contribution in [0.1, 0.15) is 17.7 Å². The predicted molar refractivity (Wildman–Crippen MR) is 131 cm³/mol. The van der Waals surface area contributed by atoms with E-state index in [2.05, 4.69) is 0 Å². The second-order valence-corrected chi connectivity index (χ2v) is 8.99. The normalized spacial score (nSPS) is 17.5. The zero-order valence-corrected chi connectivity index (χ0v) is 20.8. The predicted octanol–water partition coefficient (Wildman–Crippen LogP) is 4.11. The van der Waals surface area contributed by atoms with E-state index < -0.39 is 22.7 Å². The zero-order valence-electron chi connectivity index (χ0n) is 19.2. The maximum absolute atomic E-state index is 13.8. The largest absolute Gasteiger partial charge is 0.497 e. The van der Waals surface area contributed by atoms with Crippen LogP contribution in [0.15, 0.2) is 53.4 Å². The van der Waals surface area contributed by atoms with Crippen molar-refractivity contribution in [2.24, 2.45) is 0 Å². The highest BCUT2D eigenvalue weighted by Crippen LogP contribution is 2.46. The van der Waals surface area contributed by atoms with Crippen LogP contribution in [0.2, 0.25) is 0 Å². The molecule has 0 spiro atoms. The molecule has 0 saturated heterocycles. The third-order valence-electron chi connectivity index (χ3n) is 5.28. The van der Waals surface area contributed by atoms with Gasteiger partial charge in [0.25, 0.3) is 5.91 Å². The first kappa shape index (κ1) is 25.9. The van der Waals surface area contributed by atoms with Gasteiger partial charge in [0.15, 0.2) is 6.10 Å². The van der Waals surface area contributed by atoms with E-state index >= 15 is 0 Å². The summed E-state index contributed by atoms with van der Waals surface area (Å²) >= 11 is 7.06. The first-order valence-electron chi connectivity index (χ1n) is 10.7. The van der Waals surface area contributed by atoms with Crippen LogP contribution < -0.4 is 9.64 Å². The standard InChI is InChI=1S/C24H27ClN2O6S/c1-4-32-20(28)15-33-21-22(16-9-11-17(31-3)12-10-16)34-19-8-6-5-7-18(19)27(23(21)29)14-13-26(2)24(25)30/h5-12,21-22H,4,13-15H2,1-3H3/t21-,22+/m1/s1. The smallest absolute Gasteiger partial charge is 0.332 e. The lowest BCUT2D eigenvalue weighted by Gasteiger charge is -2.29. The van der Waals surface area contributed by atoms with Gasteiger partial charge in [-0.15, -0.1) is 11.8 Å². The molecule has 0 aromatic heterocycles. The number of amides is 2. The summed E-state index contributed by atoms with van der Waals surface area (Å²) < 4.78 is 16.2. The average Bonchev–Trinajstić information content (AvgIpc) is 2.95. The molecule has 0 saturated carbocycles. The Kier molecular flexibility index (Phi) is 9.20. The van der Waals surface area contributed by atoms with E-state index in [4.69, 9.17) is 25.8 Å². The summed E-state index contributed by atoms with van der Waals surface area (Å²) in [6.45, 7) is 2.00. The number of para-hydroxylation sites is 1. The number of hydrogen-bond donors (Lipinski definition) is 0. The minimum atomic E-state index is -0.979. The van der Waals surface area contributed by atoms with Crippen LogP contribution in [-0.4, -0.2) is 68.7 Å². The van der Waals surface area contributed by atoms with Gasteiger partial charge in [-0.2, -0.15) is 0 Å². The minimum absolute atomic E-state index is 0.208. The summed E-state index contributed by atoms with van der Waals surface area (Å²) in [4.78, 5) is 41.2. The fraction of sp³-hybridized carbons (Fsp3) is 0.375. The van der Waals surface area contributed by atoms with Crippen molar-refractivity contribution in [2.75, 3.05) is 45.4 Å². The monoisotopic (exact) mass is 506 g/mol. The summed E-state index contributed by atoms with van der Waals surface area (Å²) in [5, 5.41) is -1.05. The second-order valence-electron chi connectivity index (χ2n) is 7.48. The van der Waals surface area contributed by atoms with Gasteiger partial charge >= 0.3 is 11.3 Å². The number of anilines is 1. The molecular weight excluding hydrogens is 480 g/mol. The van der Waals surface area contributed by atoms with Crippen molar-refractivity contribution >= 4 is 46.3 Å². The second kappa shape index (κ2) is 12.1. The molecule has 0 unspecified atom stereocenters. The van der Waals surface area contributed by atoms with Gasteiger partial charge in [0, 0.05) is 25.0 Å². The molecule has 0 fully saturated rings. The molecule has 1 aliphatic heterocycles. The van der Waals surface area contributed by atoms with E-state index in [0.717, 1.165) is 10.5 Å². The molecule has 0 aliphatic carbocycles. The van der Waals surface area contributed by atoms with Crippen LogP contribution in [0, 0.1) is 0 Å². The van der Waals surface area contributed by atoms with E-state index in [1.54, 1.807) is 26.0 Å². The number of hydrogen-bond acceptors (Lipinski definition) is 7. The van der Waals surface area contributed by atoms with Crippen LogP contribution in [0.25, 0.3) is 0 Å². The minimum Gasteiger partial charge on any atom is -0.497 e. The molecule has 182 valence electrons. The van der Waals surface area contributed by atoms with Crippen LogP contribution in [-0.2, 0) is 19.1 Å². The molecule has 1 aliphatic rings. The number of ether oxygens (including phenoxy) is 3. The molecule has 0 radical (unpaired) electrons. The third kappa shape index (κ3) is 6.22. The van der Waals surface area contributed by atoms with Crippen molar-refractivity contribution in [3.63, 3.8) is 0 Å². The van der Waals surface area contributed by atoms with E-state index in [0.29, 0.717) is 11.4 Å². The van der Waals surface area contributed by atoms with Crippen LogP contribution in [0.5, 0.6) is 5.75 Å². The molecule has 0 bridgehead atoms. The molecule has 2 aromatic rings. The fourth-order valence-corrected chi connectivity index (χ4v) is 4.93. The SMILES string of the molecule is CCOC(=O)CO[C@H]1C(=O)N(CCN(C)C(=O)Cl)c2ccccc2S[C@H]1c1ccc(OC)cc1. The maximum Gasteiger partial charge on any atom is 0.332 e. The average molecular weight is 507 g/mol. The highest BCUT2D eigenvalue weighted by molar-refractivity contribution is 7.99. The molecule has 0 N–H and O–H groups in total. The van der Waals surface area contributed by atoms with Crippen molar-refractivity contribution in [1.82, 2.24) is 4.90 Å². The molecule has 2 aromatic carbocycles. The summed E-state index contributed by atoms with van der Waals surface area (Å²) in [7, 11) is 3.15. The Morgan fingerprint density at radius 1 is 1.15 bits per heavy atom. The molecular formula is C24H27ClN2O6S. The van der Waals surface area contributed by atoms with Crippen molar-refractivity contribution < 1.29 is 28.6 Å². The summed E-state index contributed by atoms with van der Waals surface area (Å²) in [6, 6.07) is 14.9. The van der Waals surface area contributed by atoms with E-state index in [-0.39, 0.29) is 32.2 Å². The quantitative estimate of drug-likeness (QED) is 0.287. The number of benzene rings is 2. The third-order valence-corrected chi connectivity index (χ3v) is 6.94. The van der Waals surface area contributed by atoms with Gasteiger partial charge in [-0.3, -0.25) is 9.59 Å². The number of nitrogens with zero attached hydrogens (tertiary/aromatic N) is 2. The summed E-state index contributed by atoms with van der Waals surface area (Å²) in [5.74, 6) is -0.180. The molecule has 8 nitrogen and oxygen atoms in total.